The molecule has 2 aliphatic carbocycles. The molecule has 0 fully saturated rings. The molecule has 2 atom stereocenters. The summed E-state index contributed by atoms with van der Waals surface area (Å²) in [5.41, 5.74) is 28.6. The van der Waals surface area contributed by atoms with Gasteiger partial charge in [-0.3, -0.25) is 9.59 Å². The summed E-state index contributed by atoms with van der Waals surface area (Å²) in [6.45, 7) is 30.8. The standard InChI is InChI=1S/C22H29N.C21H21N.C20H25N.C18H15N.C15H14.C13H8O.C10H11F3.C8H5F3O/c1-5-7-8-18(6-2)15-23-21-11-9-16(3)13-19(21)20-14-17(4)10-12-22(20)23;1-16-4-10-19(11-5-16)22(20-12-6-17(2)7-13-20)21-14-8-18(3)9-15-21;1-3-5-10-16(4-2)15-21-19-13-8-6-11-17(19)18-12-7-9-14-20(18)21;1-4-10-16(11-5-1)19(17-12-6-2-7-13-17)18-14-8-3-9-15-18;1-15(2)13-9-5-3-7-11(13)12-8-4-6-10-14(12)15;14-13-11-7-3-1-5-9(11)10-6-2-4-8-12(10)13;1-7(2)8-3-5-9(6-4-8)10(11,12)13;9-8(10,11)7-3-1-6(5-12)2-4-7/h9-14,18H,5-8,15H2,1-4H3;4-15H,1-3H3;6-9,11-14,16H,3-5,10,15H2,1-2H3;1-15H;3-10H,1-2H3;1-8H;3-7H,1-2H3;1-5H. The van der Waals surface area contributed by atoms with Crippen molar-refractivity contribution >= 4 is 89.8 Å². The molecule has 0 aliphatic heterocycles. The molecule has 0 amide bonds. The van der Waals surface area contributed by atoms with E-state index in [9.17, 15) is 35.9 Å². The van der Waals surface area contributed by atoms with E-state index >= 15 is 0 Å². The first-order chi connectivity index (χ1) is 67.1. The van der Waals surface area contributed by atoms with Crippen LogP contribution in [0.25, 0.3) is 65.9 Å². The first-order valence-corrected chi connectivity index (χ1v) is 48.7. The minimum absolute atomic E-state index is 0.149. The van der Waals surface area contributed by atoms with E-state index in [0.717, 1.165) is 89.1 Å². The smallest absolute Gasteiger partial charge is 0.340 e. The third kappa shape index (κ3) is 25.9. The number of benzene rings is 16. The molecule has 710 valence electrons. The number of fused-ring (bicyclic) bond motifs is 12. The van der Waals surface area contributed by atoms with Crippen molar-refractivity contribution in [3.8, 4) is 22.3 Å². The third-order valence-corrected chi connectivity index (χ3v) is 26.1. The van der Waals surface area contributed by atoms with Crippen molar-refractivity contribution < 1.29 is 35.9 Å². The molecule has 0 N–H and O–H groups in total. The summed E-state index contributed by atoms with van der Waals surface area (Å²) in [6.07, 6.45) is 2.42. The number of anilines is 6. The average molecular weight is 1860 g/mol. The van der Waals surface area contributed by atoms with Gasteiger partial charge in [0.15, 0.2) is 5.78 Å². The lowest BCUT2D eigenvalue weighted by atomic mass is 9.82. The number of aryl methyl sites for hydroxylation is 5. The van der Waals surface area contributed by atoms with E-state index in [1.807, 2.05) is 80.6 Å². The number of carbonyl (C=O) groups is 2. The molecule has 18 aromatic rings. The van der Waals surface area contributed by atoms with Crippen molar-refractivity contribution in [3.05, 3.63) is 467 Å². The zero-order valence-corrected chi connectivity index (χ0v) is 82.3. The number of nitrogens with zero attached hydrogens (tertiary/aromatic N) is 4. The molecular weight excluding hydrogens is 1730 g/mol. The Hall–Kier alpha value is -14.4. The van der Waals surface area contributed by atoms with Gasteiger partial charge in [0.25, 0.3) is 0 Å². The SMILES string of the molecule is CC(C)c1ccc(C(F)(F)F)cc1.CC1(C)c2ccccc2-c2ccccc21.CCCCC(CC)Cn1c2ccc(C)cc2c2cc(C)ccc21.CCCCC(CC)Cn1c2ccccc2c2ccccc21.Cc1ccc(N(c2ccc(C)cc2)c2ccc(C)cc2)cc1.O=C1c2ccccc2-c2ccccc21.O=Cc1ccc(C(F)(F)F)cc1.c1ccc(N(c2ccccc2)c2ccccc2)cc1. The number of hydrogen-bond acceptors (Lipinski definition) is 4. The van der Waals surface area contributed by atoms with Crippen molar-refractivity contribution in [1.82, 2.24) is 9.13 Å². The van der Waals surface area contributed by atoms with Crippen LogP contribution >= 0.6 is 0 Å². The van der Waals surface area contributed by atoms with Crippen molar-refractivity contribution in [3.63, 3.8) is 0 Å². The van der Waals surface area contributed by atoms with Gasteiger partial charge in [0, 0.05) is 113 Å². The van der Waals surface area contributed by atoms with Crippen LogP contribution < -0.4 is 9.80 Å². The molecule has 16 aromatic carbocycles. The quantitative estimate of drug-likeness (QED) is 0.0564. The average Bonchev–Trinajstić information content (AvgIpc) is 1.59. The van der Waals surface area contributed by atoms with Crippen molar-refractivity contribution in [1.29, 1.82) is 0 Å². The number of para-hydroxylation sites is 5. The minimum Gasteiger partial charge on any atom is -0.340 e. The molecule has 20 rings (SSSR count). The summed E-state index contributed by atoms with van der Waals surface area (Å²) in [4.78, 5) is 26.5. The molecule has 2 unspecified atom stereocenters. The van der Waals surface area contributed by atoms with Crippen LogP contribution in [-0.2, 0) is 30.9 Å². The lowest BCUT2D eigenvalue weighted by Gasteiger charge is -2.25. The molecule has 2 aliphatic rings. The van der Waals surface area contributed by atoms with Crippen LogP contribution in [0.15, 0.2) is 394 Å². The number of ketones is 1. The Balaban J connectivity index is 0.000000135. The van der Waals surface area contributed by atoms with Gasteiger partial charge in [-0.25, -0.2) is 0 Å². The van der Waals surface area contributed by atoms with Gasteiger partial charge in [0.2, 0.25) is 0 Å². The van der Waals surface area contributed by atoms with Crippen LogP contribution in [-0.4, -0.2) is 21.2 Å². The minimum atomic E-state index is -4.33. The van der Waals surface area contributed by atoms with E-state index in [-0.39, 0.29) is 22.7 Å². The molecule has 0 bridgehead atoms. The fourth-order valence-electron chi connectivity index (χ4n) is 18.2. The number of rotatable bonds is 20. The first kappa shape index (κ1) is 102. The van der Waals surface area contributed by atoms with E-state index in [4.69, 9.17) is 0 Å². The molecule has 2 aromatic heterocycles. The van der Waals surface area contributed by atoms with Crippen LogP contribution in [0, 0.1) is 46.5 Å². The maximum absolute atomic E-state index is 12.1. The molecule has 6 nitrogen and oxygen atoms in total. The van der Waals surface area contributed by atoms with Crippen LogP contribution in [0.2, 0.25) is 0 Å². The van der Waals surface area contributed by atoms with Crippen molar-refractivity contribution in [2.75, 3.05) is 9.80 Å². The number of halogens is 6. The summed E-state index contributed by atoms with van der Waals surface area (Å²) in [5, 5.41) is 5.60. The van der Waals surface area contributed by atoms with E-state index in [0.29, 0.717) is 6.29 Å². The predicted molar refractivity (Wildman–Crippen MR) is 573 cm³/mol. The molecule has 0 radical (unpaired) electrons. The van der Waals surface area contributed by atoms with Gasteiger partial charge in [0.1, 0.15) is 6.29 Å². The van der Waals surface area contributed by atoms with E-state index in [2.05, 4.69) is 374 Å². The summed E-state index contributed by atoms with van der Waals surface area (Å²) >= 11 is 0. The number of unbranched alkanes of at least 4 members (excludes halogenated alkanes) is 2. The fraction of sp³-hybridized carbons (Fsp3) is 0.228. The van der Waals surface area contributed by atoms with E-state index in [1.54, 1.807) is 0 Å². The molecule has 12 heteroatoms. The van der Waals surface area contributed by atoms with Crippen LogP contribution in [0.1, 0.15) is 195 Å². The third-order valence-electron chi connectivity index (χ3n) is 26.1. The number of aromatic nitrogens is 2. The normalized spacial score (nSPS) is 12.2. The van der Waals surface area contributed by atoms with E-state index < -0.39 is 23.5 Å². The molecule has 0 spiro atoms. The molecule has 0 saturated carbocycles. The summed E-state index contributed by atoms with van der Waals surface area (Å²) in [6, 6.07) is 131. The lowest BCUT2D eigenvalue weighted by Crippen LogP contribution is -2.14. The molecule has 139 heavy (non-hydrogen) atoms. The Morgan fingerprint density at radius 3 is 0.928 bits per heavy atom. The monoisotopic (exact) mass is 1850 g/mol. The van der Waals surface area contributed by atoms with Gasteiger partial charge in [-0.2, -0.15) is 26.3 Å². The second kappa shape index (κ2) is 48.1. The Labute approximate surface area is 818 Å². The summed E-state index contributed by atoms with van der Waals surface area (Å²) in [5.74, 6) is 1.97. The highest BCUT2D eigenvalue weighted by Gasteiger charge is 2.35. The number of aldehydes is 1. The van der Waals surface area contributed by atoms with Gasteiger partial charge in [-0.1, -0.05) is 383 Å². The number of carbonyl (C=O) groups excluding carboxylic acids is 2. The number of alkyl halides is 6. The van der Waals surface area contributed by atoms with Crippen LogP contribution in [0.5, 0.6) is 0 Å². The van der Waals surface area contributed by atoms with Gasteiger partial charge in [-0.15, -0.1) is 0 Å². The van der Waals surface area contributed by atoms with E-state index in [1.165, 1.54) is 191 Å². The second-order valence-corrected chi connectivity index (χ2v) is 37.0. The largest absolute Gasteiger partial charge is 0.416 e. The fourth-order valence-corrected chi connectivity index (χ4v) is 18.2. The van der Waals surface area contributed by atoms with Crippen molar-refractivity contribution in [2.24, 2.45) is 11.8 Å². The summed E-state index contributed by atoms with van der Waals surface area (Å²) in [7, 11) is 0. The molecule has 2 heterocycles. The topological polar surface area (TPSA) is 50.5 Å². The van der Waals surface area contributed by atoms with Gasteiger partial charge >= 0.3 is 12.4 Å². The Morgan fingerprint density at radius 1 is 0.317 bits per heavy atom. The van der Waals surface area contributed by atoms with Gasteiger partial charge in [-0.05, 0) is 238 Å². The van der Waals surface area contributed by atoms with Crippen LogP contribution in [0.4, 0.5) is 60.5 Å². The van der Waals surface area contributed by atoms with Gasteiger partial charge in [0.05, 0.1) is 11.1 Å². The highest BCUT2D eigenvalue weighted by molar-refractivity contribution is 6.21. The molecule has 0 saturated heterocycles. The highest BCUT2D eigenvalue weighted by Crippen LogP contribution is 2.49. The Kier molecular flexibility index (Phi) is 35.3. The second-order valence-electron chi connectivity index (χ2n) is 37.0. The maximum Gasteiger partial charge on any atom is 0.416 e. The highest BCUT2D eigenvalue weighted by atomic mass is 19.4. The van der Waals surface area contributed by atoms with Crippen molar-refractivity contribution in [2.45, 2.75) is 178 Å². The van der Waals surface area contributed by atoms with Crippen LogP contribution in [0.3, 0.4) is 0 Å². The maximum atomic E-state index is 12.1. The predicted octanol–water partition coefficient (Wildman–Crippen LogP) is 37.1. The van der Waals surface area contributed by atoms with Gasteiger partial charge < -0.3 is 18.9 Å². The zero-order valence-electron chi connectivity index (χ0n) is 82.3. The lowest BCUT2D eigenvalue weighted by molar-refractivity contribution is -0.138. The molecular formula is C127H128F6N4O2. The Bertz CT molecular complexity index is 6570. The Morgan fingerprint density at radius 2 is 0.604 bits per heavy atom. The number of hydrogen-bond donors (Lipinski definition) is 0. The summed E-state index contributed by atoms with van der Waals surface area (Å²) < 4.78 is 77.3. The first-order valence-electron chi connectivity index (χ1n) is 48.7. The zero-order chi connectivity index (χ0) is 98.8.